The van der Waals surface area contributed by atoms with E-state index in [1.165, 1.54) is 0 Å². The molecule has 0 radical (unpaired) electrons. The van der Waals surface area contributed by atoms with Gasteiger partial charge in [0, 0.05) is 25.9 Å². The maximum atomic E-state index is 9.23. The van der Waals surface area contributed by atoms with Crippen LogP contribution in [0.3, 0.4) is 0 Å². The smallest absolute Gasteiger partial charge is 0.142 e. The van der Waals surface area contributed by atoms with Crippen LogP contribution < -0.4 is 10.1 Å². The zero-order valence-corrected chi connectivity index (χ0v) is 11.3. The summed E-state index contributed by atoms with van der Waals surface area (Å²) in [6.45, 7) is 5.96. The number of aliphatic hydroxyl groups is 1. The Morgan fingerprint density at radius 2 is 2.22 bits per heavy atom. The van der Waals surface area contributed by atoms with E-state index in [9.17, 15) is 5.11 Å². The molecule has 102 valence electrons. The van der Waals surface area contributed by atoms with E-state index in [1.807, 2.05) is 19.1 Å². The van der Waals surface area contributed by atoms with Gasteiger partial charge in [-0.3, -0.25) is 4.98 Å². The van der Waals surface area contributed by atoms with Crippen LogP contribution in [0.1, 0.15) is 18.3 Å². The number of hydrogen-bond acceptors (Lipinski definition) is 5. The third-order valence-electron chi connectivity index (χ3n) is 2.33. The first-order valence-electron chi connectivity index (χ1n) is 6.10. The Morgan fingerprint density at radius 1 is 1.44 bits per heavy atom. The number of ether oxygens (including phenoxy) is 2. The number of hydrogen-bond donors (Lipinski definition) is 2. The monoisotopic (exact) mass is 254 g/mol. The van der Waals surface area contributed by atoms with Gasteiger partial charge in [-0.05, 0) is 26.0 Å². The van der Waals surface area contributed by atoms with Crippen molar-refractivity contribution in [3.05, 3.63) is 23.5 Å². The average Bonchev–Trinajstić information content (AvgIpc) is 2.33. The fraction of sp³-hybridized carbons (Fsp3) is 0.615. The lowest BCUT2D eigenvalue weighted by molar-refractivity contribution is 0.121. The lowest BCUT2D eigenvalue weighted by Crippen LogP contribution is -2.21. The summed E-state index contributed by atoms with van der Waals surface area (Å²) in [5.74, 6) is 0.714. The zero-order chi connectivity index (χ0) is 13.4. The van der Waals surface area contributed by atoms with Crippen molar-refractivity contribution in [2.45, 2.75) is 26.5 Å². The van der Waals surface area contributed by atoms with Gasteiger partial charge in [0.15, 0.2) is 0 Å². The van der Waals surface area contributed by atoms with Crippen molar-refractivity contribution in [1.29, 1.82) is 0 Å². The number of aryl methyl sites for hydroxylation is 1. The molecule has 1 aromatic heterocycles. The van der Waals surface area contributed by atoms with E-state index in [1.54, 1.807) is 14.0 Å². The molecule has 0 aliphatic heterocycles. The third-order valence-corrected chi connectivity index (χ3v) is 2.33. The normalized spacial score (nSPS) is 12.4. The summed E-state index contributed by atoms with van der Waals surface area (Å²) >= 11 is 0. The zero-order valence-electron chi connectivity index (χ0n) is 11.3. The van der Waals surface area contributed by atoms with Gasteiger partial charge in [0.2, 0.25) is 0 Å². The Kier molecular flexibility index (Phi) is 6.64. The van der Waals surface area contributed by atoms with Gasteiger partial charge in [0.1, 0.15) is 12.4 Å². The molecule has 0 fully saturated rings. The molecule has 0 amide bonds. The Labute approximate surface area is 108 Å². The Balaban J connectivity index is 2.58. The minimum absolute atomic E-state index is 0.274. The number of aliphatic hydroxyl groups excluding tert-OH is 1. The Hall–Kier alpha value is -1.17. The number of aromatic nitrogens is 1. The van der Waals surface area contributed by atoms with Crippen LogP contribution in [0, 0.1) is 6.92 Å². The van der Waals surface area contributed by atoms with Crippen LogP contribution >= 0.6 is 0 Å². The van der Waals surface area contributed by atoms with Crippen LogP contribution in [0.4, 0.5) is 0 Å². The molecule has 1 heterocycles. The number of nitrogens with zero attached hydrogens (tertiary/aromatic N) is 1. The van der Waals surface area contributed by atoms with Crippen LogP contribution in [0.5, 0.6) is 5.75 Å². The molecule has 0 saturated heterocycles. The molecule has 1 aromatic rings. The molecular formula is C13H22N2O3. The summed E-state index contributed by atoms with van der Waals surface area (Å²) in [6.07, 6.45) is -0.486. The first-order chi connectivity index (χ1) is 8.63. The molecule has 0 spiro atoms. The molecule has 1 atom stereocenters. The Bertz CT molecular complexity index is 356. The van der Waals surface area contributed by atoms with E-state index in [-0.39, 0.29) is 6.61 Å². The molecule has 18 heavy (non-hydrogen) atoms. The first kappa shape index (κ1) is 14.9. The van der Waals surface area contributed by atoms with Gasteiger partial charge in [-0.1, -0.05) is 0 Å². The highest BCUT2D eigenvalue weighted by Crippen LogP contribution is 2.17. The molecule has 5 nitrogen and oxygen atoms in total. The van der Waals surface area contributed by atoms with Gasteiger partial charge in [0.25, 0.3) is 0 Å². The summed E-state index contributed by atoms with van der Waals surface area (Å²) in [6, 6.07) is 3.79. The van der Waals surface area contributed by atoms with E-state index in [4.69, 9.17) is 9.47 Å². The van der Waals surface area contributed by atoms with Crippen molar-refractivity contribution in [2.24, 2.45) is 0 Å². The second-order valence-electron chi connectivity index (χ2n) is 4.23. The molecule has 0 saturated carbocycles. The highest BCUT2D eigenvalue weighted by molar-refractivity contribution is 5.29. The standard InChI is InChI=1S/C13H22N2O3/c1-10-4-5-13(18-9-11(2)16)12(15-10)8-14-6-7-17-3/h4-5,11,14,16H,6-9H2,1-3H3. The van der Waals surface area contributed by atoms with Crippen molar-refractivity contribution in [3.8, 4) is 5.75 Å². The molecule has 0 bridgehead atoms. The van der Waals surface area contributed by atoms with E-state index in [2.05, 4.69) is 10.3 Å². The maximum absolute atomic E-state index is 9.23. The van der Waals surface area contributed by atoms with Crippen molar-refractivity contribution in [1.82, 2.24) is 10.3 Å². The lowest BCUT2D eigenvalue weighted by Gasteiger charge is -2.13. The molecule has 5 heteroatoms. The first-order valence-corrected chi connectivity index (χ1v) is 6.10. The minimum atomic E-state index is -0.486. The fourth-order valence-corrected chi connectivity index (χ4v) is 1.45. The van der Waals surface area contributed by atoms with E-state index < -0.39 is 6.10 Å². The van der Waals surface area contributed by atoms with Crippen molar-refractivity contribution in [2.75, 3.05) is 26.9 Å². The predicted molar refractivity (Wildman–Crippen MR) is 69.7 cm³/mol. The Morgan fingerprint density at radius 3 is 2.89 bits per heavy atom. The maximum Gasteiger partial charge on any atom is 0.142 e. The number of methoxy groups -OCH3 is 1. The predicted octanol–water partition coefficient (Wildman–Crippen LogP) is 0.886. The van der Waals surface area contributed by atoms with Crippen molar-refractivity contribution >= 4 is 0 Å². The SMILES string of the molecule is COCCNCc1nc(C)ccc1OCC(C)O. The number of pyridine rings is 1. The van der Waals surface area contributed by atoms with E-state index >= 15 is 0 Å². The largest absolute Gasteiger partial charge is 0.489 e. The van der Waals surface area contributed by atoms with Crippen LogP contribution in [-0.2, 0) is 11.3 Å². The summed E-state index contributed by atoms with van der Waals surface area (Å²) in [7, 11) is 1.67. The van der Waals surface area contributed by atoms with Gasteiger partial charge in [-0.25, -0.2) is 0 Å². The number of nitrogens with one attached hydrogen (secondary N) is 1. The van der Waals surface area contributed by atoms with Gasteiger partial charge in [-0.2, -0.15) is 0 Å². The fourth-order valence-electron chi connectivity index (χ4n) is 1.45. The van der Waals surface area contributed by atoms with Crippen LogP contribution in [0.15, 0.2) is 12.1 Å². The molecule has 1 rings (SSSR count). The summed E-state index contributed by atoms with van der Waals surface area (Å²) in [5.41, 5.74) is 1.80. The topological polar surface area (TPSA) is 63.6 Å². The number of rotatable bonds is 8. The highest BCUT2D eigenvalue weighted by Gasteiger charge is 2.07. The average molecular weight is 254 g/mol. The summed E-state index contributed by atoms with van der Waals surface area (Å²) < 4.78 is 10.5. The van der Waals surface area contributed by atoms with Crippen LogP contribution in [-0.4, -0.2) is 43.1 Å². The summed E-state index contributed by atoms with van der Waals surface area (Å²) in [5, 5.41) is 12.5. The van der Waals surface area contributed by atoms with Crippen LogP contribution in [0.2, 0.25) is 0 Å². The second-order valence-corrected chi connectivity index (χ2v) is 4.23. The van der Waals surface area contributed by atoms with E-state index in [0.717, 1.165) is 17.9 Å². The van der Waals surface area contributed by atoms with E-state index in [0.29, 0.717) is 18.9 Å². The van der Waals surface area contributed by atoms with Crippen LogP contribution in [0.25, 0.3) is 0 Å². The van der Waals surface area contributed by atoms with Gasteiger partial charge < -0.3 is 19.9 Å². The molecule has 2 N–H and O–H groups in total. The van der Waals surface area contributed by atoms with Gasteiger partial charge in [0.05, 0.1) is 18.4 Å². The second kappa shape index (κ2) is 8.02. The molecule has 0 aliphatic carbocycles. The van der Waals surface area contributed by atoms with Crippen molar-refractivity contribution in [3.63, 3.8) is 0 Å². The molecule has 0 aromatic carbocycles. The third kappa shape index (κ3) is 5.44. The molecule has 1 unspecified atom stereocenters. The van der Waals surface area contributed by atoms with Crippen molar-refractivity contribution < 1.29 is 14.6 Å². The molecular weight excluding hydrogens is 232 g/mol. The lowest BCUT2D eigenvalue weighted by atomic mass is 10.2. The van der Waals surface area contributed by atoms with Gasteiger partial charge >= 0.3 is 0 Å². The summed E-state index contributed by atoms with van der Waals surface area (Å²) in [4.78, 5) is 4.44. The van der Waals surface area contributed by atoms with Gasteiger partial charge in [-0.15, -0.1) is 0 Å². The molecule has 0 aliphatic rings. The quantitative estimate of drug-likeness (QED) is 0.674. The highest BCUT2D eigenvalue weighted by atomic mass is 16.5. The minimum Gasteiger partial charge on any atom is -0.489 e.